The predicted octanol–water partition coefficient (Wildman–Crippen LogP) is 3.88. The molecule has 7 heteroatoms. The van der Waals surface area contributed by atoms with Crippen molar-refractivity contribution in [1.82, 2.24) is 15.2 Å². The molecule has 0 radical (unpaired) electrons. The number of hydrogen-bond donors (Lipinski definition) is 2. The molecule has 2 aliphatic rings. The molecule has 1 saturated heterocycles. The molecule has 0 saturated carbocycles. The molecule has 2 amide bonds. The van der Waals surface area contributed by atoms with E-state index >= 15 is 0 Å². The topological polar surface area (TPSA) is 74.4 Å². The summed E-state index contributed by atoms with van der Waals surface area (Å²) < 4.78 is 7.21. The SMILES string of the molecule is CC(C)(C)[Si](O[C@@H]1C=C2C(=O)N[C@H](Cc3c[nH]c4ccccc34)C(=O)N2C1)(c1ccccc1)c1ccccc1. The minimum absolute atomic E-state index is 0.0975. The monoisotopic (exact) mass is 535 g/mol. The molecule has 0 unspecified atom stereocenters. The molecule has 6 rings (SSSR count). The van der Waals surface area contributed by atoms with Gasteiger partial charge in [0.05, 0.1) is 12.6 Å². The fourth-order valence-corrected chi connectivity index (χ4v) is 10.7. The summed E-state index contributed by atoms with van der Waals surface area (Å²) in [5.41, 5.74) is 2.41. The van der Waals surface area contributed by atoms with E-state index in [4.69, 9.17) is 4.43 Å². The zero-order chi connectivity index (χ0) is 27.2. The highest BCUT2D eigenvalue weighted by atomic mass is 28.4. The van der Waals surface area contributed by atoms with E-state index in [0.717, 1.165) is 16.5 Å². The first-order valence-corrected chi connectivity index (χ1v) is 15.4. The van der Waals surface area contributed by atoms with E-state index < -0.39 is 20.5 Å². The zero-order valence-corrected chi connectivity index (χ0v) is 23.5. The summed E-state index contributed by atoms with van der Waals surface area (Å²) in [6.45, 7) is 7.01. The van der Waals surface area contributed by atoms with Crippen LogP contribution in [0.25, 0.3) is 10.9 Å². The lowest BCUT2D eigenvalue weighted by Gasteiger charge is -2.44. The van der Waals surface area contributed by atoms with Crippen molar-refractivity contribution in [1.29, 1.82) is 0 Å². The number of nitrogens with zero attached hydrogens (tertiary/aromatic N) is 1. The van der Waals surface area contributed by atoms with Gasteiger partial charge in [-0.2, -0.15) is 0 Å². The summed E-state index contributed by atoms with van der Waals surface area (Å²) in [6.07, 6.45) is 3.80. The van der Waals surface area contributed by atoms with Crippen LogP contribution in [0.3, 0.4) is 0 Å². The van der Waals surface area contributed by atoms with Gasteiger partial charge in [-0.15, -0.1) is 0 Å². The highest BCUT2D eigenvalue weighted by Gasteiger charge is 2.53. The minimum atomic E-state index is -2.84. The largest absolute Gasteiger partial charge is 0.399 e. The molecular formula is C32H33N3O3Si. The van der Waals surface area contributed by atoms with Crippen molar-refractivity contribution in [3.05, 3.63) is 108 Å². The van der Waals surface area contributed by atoms with Crippen LogP contribution < -0.4 is 15.7 Å². The van der Waals surface area contributed by atoms with E-state index in [9.17, 15) is 9.59 Å². The second-order valence-electron chi connectivity index (χ2n) is 11.4. The van der Waals surface area contributed by atoms with Crippen molar-refractivity contribution in [2.24, 2.45) is 0 Å². The molecule has 3 aromatic carbocycles. The van der Waals surface area contributed by atoms with Crippen LogP contribution in [0.2, 0.25) is 5.04 Å². The van der Waals surface area contributed by atoms with E-state index in [1.165, 1.54) is 10.4 Å². The van der Waals surface area contributed by atoms with Crippen LogP contribution in [-0.4, -0.2) is 48.7 Å². The van der Waals surface area contributed by atoms with E-state index in [-0.39, 0.29) is 16.9 Å². The molecule has 2 aliphatic heterocycles. The molecule has 0 spiro atoms. The van der Waals surface area contributed by atoms with Gasteiger partial charge in [-0.25, -0.2) is 0 Å². The lowest BCUT2D eigenvalue weighted by atomic mass is 10.0. The van der Waals surface area contributed by atoms with Gasteiger partial charge in [-0.1, -0.05) is 99.6 Å². The number of para-hydroxylation sites is 1. The summed E-state index contributed by atoms with van der Waals surface area (Å²) >= 11 is 0. The number of carbonyl (C=O) groups excluding carboxylic acids is 2. The van der Waals surface area contributed by atoms with Gasteiger partial charge in [-0.05, 0) is 33.1 Å². The number of aromatic amines is 1. The molecule has 2 N–H and O–H groups in total. The van der Waals surface area contributed by atoms with Crippen molar-refractivity contribution in [2.45, 2.75) is 44.4 Å². The number of piperazine rings is 1. The number of fused-ring (bicyclic) bond motifs is 2. The van der Waals surface area contributed by atoms with Crippen LogP contribution >= 0.6 is 0 Å². The number of nitrogens with one attached hydrogen (secondary N) is 2. The minimum Gasteiger partial charge on any atom is -0.399 e. The summed E-state index contributed by atoms with van der Waals surface area (Å²) in [6, 6.07) is 28.2. The molecule has 6 nitrogen and oxygen atoms in total. The van der Waals surface area contributed by atoms with Gasteiger partial charge >= 0.3 is 0 Å². The molecule has 198 valence electrons. The third-order valence-electron chi connectivity index (χ3n) is 7.94. The number of benzene rings is 3. The zero-order valence-electron chi connectivity index (χ0n) is 22.5. The molecule has 4 aromatic rings. The first-order valence-electron chi connectivity index (χ1n) is 13.5. The molecule has 2 atom stereocenters. The fraction of sp³-hybridized carbons (Fsp3) is 0.250. The molecule has 39 heavy (non-hydrogen) atoms. The number of carbonyl (C=O) groups is 2. The third kappa shape index (κ3) is 4.32. The van der Waals surface area contributed by atoms with Gasteiger partial charge < -0.3 is 19.6 Å². The quantitative estimate of drug-likeness (QED) is 0.368. The van der Waals surface area contributed by atoms with Crippen LogP contribution in [0.5, 0.6) is 0 Å². The Labute approximate surface area is 229 Å². The van der Waals surface area contributed by atoms with Crippen LogP contribution in [0.4, 0.5) is 0 Å². The summed E-state index contributed by atoms with van der Waals surface area (Å²) in [4.78, 5) is 31.8. The lowest BCUT2D eigenvalue weighted by molar-refractivity contribution is -0.139. The van der Waals surface area contributed by atoms with Gasteiger partial charge in [-0.3, -0.25) is 9.59 Å². The van der Waals surface area contributed by atoms with Crippen molar-refractivity contribution < 1.29 is 14.0 Å². The third-order valence-corrected chi connectivity index (χ3v) is 13.0. The van der Waals surface area contributed by atoms with Gasteiger partial charge in [0.25, 0.3) is 14.2 Å². The fourth-order valence-electron chi connectivity index (χ4n) is 6.13. The van der Waals surface area contributed by atoms with Gasteiger partial charge in [0.2, 0.25) is 5.91 Å². The molecule has 3 heterocycles. The Balaban J connectivity index is 1.31. The summed E-state index contributed by atoms with van der Waals surface area (Å²) in [5, 5.41) is 6.15. The Bertz CT molecular complexity index is 1520. The Morgan fingerprint density at radius 1 is 0.897 bits per heavy atom. The number of hydrogen-bond acceptors (Lipinski definition) is 3. The predicted molar refractivity (Wildman–Crippen MR) is 156 cm³/mol. The van der Waals surface area contributed by atoms with Gasteiger partial charge in [0.1, 0.15) is 11.7 Å². The van der Waals surface area contributed by atoms with Crippen LogP contribution in [-0.2, 0) is 20.4 Å². The average molecular weight is 536 g/mol. The smallest absolute Gasteiger partial charge is 0.268 e. The molecule has 0 aliphatic carbocycles. The Kier molecular flexibility index (Phi) is 6.28. The van der Waals surface area contributed by atoms with Crippen LogP contribution in [0.1, 0.15) is 26.3 Å². The Hall–Kier alpha value is -3.94. The Morgan fingerprint density at radius 3 is 2.15 bits per heavy atom. The van der Waals surface area contributed by atoms with Crippen molar-refractivity contribution in [3.63, 3.8) is 0 Å². The van der Waals surface area contributed by atoms with Crippen molar-refractivity contribution >= 4 is 41.4 Å². The van der Waals surface area contributed by atoms with E-state index in [1.807, 2.05) is 48.7 Å². The maximum absolute atomic E-state index is 13.7. The number of aromatic nitrogens is 1. The molecule has 1 fully saturated rings. The highest BCUT2D eigenvalue weighted by Crippen LogP contribution is 2.39. The van der Waals surface area contributed by atoms with Gasteiger partial charge in [0.15, 0.2) is 0 Å². The highest BCUT2D eigenvalue weighted by molar-refractivity contribution is 6.99. The number of H-pyrrole nitrogens is 1. The first-order chi connectivity index (χ1) is 18.8. The number of rotatable bonds is 6. The lowest BCUT2D eigenvalue weighted by Crippen LogP contribution is -2.68. The van der Waals surface area contributed by atoms with Crippen LogP contribution in [0, 0.1) is 0 Å². The second kappa shape index (κ2) is 9.66. The average Bonchev–Trinajstić information content (AvgIpc) is 3.55. The van der Waals surface area contributed by atoms with Gasteiger partial charge in [0, 0.05) is 23.5 Å². The maximum atomic E-state index is 13.7. The number of amides is 2. The first kappa shape index (κ1) is 25.3. The second-order valence-corrected chi connectivity index (χ2v) is 15.7. The summed E-state index contributed by atoms with van der Waals surface area (Å²) in [5.74, 6) is -0.326. The standard InChI is InChI=1S/C32H33N3O3Si/c1-32(2,3)39(24-12-6-4-7-13-24,25-14-8-5-9-15-25)38-23-19-29-30(36)34-28(31(37)35(29)21-23)18-22-20-33-27-17-11-10-16-26(22)27/h4-17,19-20,23,28,33H,18,21H2,1-3H3,(H,34,36)/t23-,28-/m1/s1. The van der Waals surface area contributed by atoms with E-state index in [1.54, 1.807) is 4.90 Å². The molecular weight excluding hydrogens is 502 g/mol. The molecule has 1 aromatic heterocycles. The van der Waals surface area contributed by atoms with Crippen molar-refractivity contribution in [3.8, 4) is 0 Å². The normalized spacial score (nSPS) is 19.7. The Morgan fingerprint density at radius 2 is 1.51 bits per heavy atom. The maximum Gasteiger partial charge on any atom is 0.268 e. The van der Waals surface area contributed by atoms with E-state index in [0.29, 0.717) is 18.7 Å². The summed E-state index contributed by atoms with van der Waals surface area (Å²) in [7, 11) is -2.84. The van der Waals surface area contributed by atoms with Crippen LogP contribution in [0.15, 0.2) is 103 Å². The van der Waals surface area contributed by atoms with Crippen molar-refractivity contribution in [2.75, 3.05) is 6.54 Å². The van der Waals surface area contributed by atoms with E-state index in [2.05, 4.69) is 79.6 Å². The molecule has 0 bridgehead atoms.